The summed E-state index contributed by atoms with van der Waals surface area (Å²) in [5, 5.41) is 12.3. The third-order valence-corrected chi connectivity index (χ3v) is 5.41. The van der Waals surface area contributed by atoms with E-state index < -0.39 is 0 Å². The summed E-state index contributed by atoms with van der Waals surface area (Å²) in [4.78, 5) is 24.4. The van der Waals surface area contributed by atoms with E-state index in [0.717, 1.165) is 79.1 Å². The fraction of sp³-hybridized carbons (Fsp3) is 0.379. The molecule has 0 bridgehead atoms. The number of nitrogens with one attached hydrogen (secondary N) is 4. The molecule has 0 saturated carbocycles. The van der Waals surface area contributed by atoms with Crippen LogP contribution < -0.4 is 21.3 Å². The fourth-order valence-electron chi connectivity index (χ4n) is 3.42. The zero-order chi connectivity index (χ0) is 25.5. The monoisotopic (exact) mass is 476 g/mol. The highest BCUT2D eigenvalue weighted by Gasteiger charge is 2.03. The molecule has 0 unspecified atom stereocenters. The molecule has 4 N–H and O–H groups in total. The van der Waals surface area contributed by atoms with Gasteiger partial charge in [0.2, 0.25) is 11.8 Å². The minimum atomic E-state index is -0.140. The van der Waals surface area contributed by atoms with Gasteiger partial charge in [-0.15, -0.1) is 0 Å². The largest absolute Gasteiger partial charge is 0.388 e. The molecule has 0 atom stereocenters. The van der Waals surface area contributed by atoms with Crippen molar-refractivity contribution in [2.75, 3.05) is 23.7 Å². The Morgan fingerprint density at radius 1 is 0.657 bits per heavy atom. The predicted octanol–water partition coefficient (Wildman–Crippen LogP) is 5.74. The van der Waals surface area contributed by atoms with Gasteiger partial charge in [-0.2, -0.15) is 0 Å². The SMILES string of the molecule is CCCCN/C(C)=C/C(=O)Nc1ccc(Cc2ccc(NC(=O)/C=C(\C)NCCCC)cc2)cc1. The number of amides is 2. The maximum atomic E-state index is 12.2. The first-order chi connectivity index (χ1) is 16.9. The van der Waals surface area contributed by atoms with Gasteiger partial charge in [0, 0.05) is 48.0 Å². The molecule has 0 aliphatic carbocycles. The highest BCUT2D eigenvalue weighted by molar-refractivity contribution is 6.00. The van der Waals surface area contributed by atoms with Crippen LogP contribution in [-0.2, 0) is 16.0 Å². The maximum absolute atomic E-state index is 12.2. The zero-order valence-electron chi connectivity index (χ0n) is 21.5. The first-order valence-corrected chi connectivity index (χ1v) is 12.5. The molecule has 0 aliphatic rings. The lowest BCUT2D eigenvalue weighted by Gasteiger charge is -2.08. The van der Waals surface area contributed by atoms with Gasteiger partial charge in [0.25, 0.3) is 0 Å². The summed E-state index contributed by atoms with van der Waals surface area (Å²) in [6.07, 6.45) is 8.35. The van der Waals surface area contributed by atoms with E-state index in [4.69, 9.17) is 0 Å². The van der Waals surface area contributed by atoms with Crippen molar-refractivity contribution < 1.29 is 9.59 Å². The van der Waals surface area contributed by atoms with Crippen LogP contribution >= 0.6 is 0 Å². The van der Waals surface area contributed by atoms with Crippen LogP contribution in [0.15, 0.2) is 72.1 Å². The Kier molecular flexibility index (Phi) is 12.2. The molecule has 6 nitrogen and oxygen atoms in total. The molecule has 0 spiro atoms. The molecule has 0 saturated heterocycles. The minimum absolute atomic E-state index is 0.140. The Bertz CT molecular complexity index is 911. The molecule has 2 aromatic rings. The summed E-state index contributed by atoms with van der Waals surface area (Å²) >= 11 is 0. The molecule has 0 fully saturated rings. The first kappa shape index (κ1) is 27.7. The van der Waals surface area contributed by atoms with Crippen LogP contribution in [0.1, 0.15) is 64.5 Å². The average molecular weight is 477 g/mol. The van der Waals surface area contributed by atoms with Gasteiger partial charge in [-0.25, -0.2) is 0 Å². The number of benzene rings is 2. The molecular formula is C29H40N4O2. The quantitative estimate of drug-likeness (QED) is 0.207. The average Bonchev–Trinajstić information content (AvgIpc) is 2.82. The van der Waals surface area contributed by atoms with Crippen LogP contribution in [0.5, 0.6) is 0 Å². The lowest BCUT2D eigenvalue weighted by molar-refractivity contribution is -0.112. The second kappa shape index (κ2) is 15.4. The third-order valence-electron chi connectivity index (χ3n) is 5.41. The second-order valence-corrected chi connectivity index (χ2v) is 8.76. The number of hydrogen-bond acceptors (Lipinski definition) is 4. The molecular weight excluding hydrogens is 436 g/mol. The van der Waals surface area contributed by atoms with Gasteiger partial charge in [-0.3, -0.25) is 9.59 Å². The third kappa shape index (κ3) is 11.4. The Morgan fingerprint density at radius 3 is 1.37 bits per heavy atom. The van der Waals surface area contributed by atoms with Crippen molar-refractivity contribution in [3.63, 3.8) is 0 Å². The Labute approximate surface area is 210 Å². The van der Waals surface area contributed by atoms with Crippen LogP contribution in [0.25, 0.3) is 0 Å². The van der Waals surface area contributed by atoms with E-state index >= 15 is 0 Å². The van der Waals surface area contributed by atoms with Crippen LogP contribution in [0.3, 0.4) is 0 Å². The van der Waals surface area contributed by atoms with Gasteiger partial charge in [-0.05, 0) is 68.5 Å². The van der Waals surface area contributed by atoms with E-state index in [-0.39, 0.29) is 11.8 Å². The standard InChI is InChI=1S/C29H40N4O2/c1-5-7-17-30-22(3)19-28(34)32-26-13-9-24(10-14-26)21-25-11-15-27(16-12-25)33-29(35)20-23(4)31-18-8-6-2/h9-16,19-20,30-31H,5-8,17-18,21H2,1-4H3,(H,32,34)(H,33,35)/b22-19+,23-20+. The van der Waals surface area contributed by atoms with Gasteiger partial charge in [0.1, 0.15) is 0 Å². The second-order valence-electron chi connectivity index (χ2n) is 8.76. The summed E-state index contributed by atoms with van der Waals surface area (Å²) in [5.74, 6) is -0.280. The Balaban J connectivity index is 1.84. The molecule has 2 amide bonds. The minimum Gasteiger partial charge on any atom is -0.388 e. The molecule has 6 heteroatoms. The summed E-state index contributed by atoms with van der Waals surface area (Å²) in [5.41, 5.74) is 5.54. The molecule has 2 aromatic carbocycles. The van der Waals surface area contributed by atoms with Crippen LogP contribution in [0.2, 0.25) is 0 Å². The van der Waals surface area contributed by atoms with E-state index in [1.54, 1.807) is 12.2 Å². The van der Waals surface area contributed by atoms with E-state index in [0.29, 0.717) is 0 Å². The highest BCUT2D eigenvalue weighted by atomic mass is 16.2. The first-order valence-electron chi connectivity index (χ1n) is 12.5. The fourth-order valence-corrected chi connectivity index (χ4v) is 3.42. The van der Waals surface area contributed by atoms with Crippen molar-refractivity contribution in [2.45, 2.75) is 59.8 Å². The predicted molar refractivity (Wildman–Crippen MR) is 146 cm³/mol. The van der Waals surface area contributed by atoms with Gasteiger partial charge in [0.05, 0.1) is 0 Å². The van der Waals surface area contributed by atoms with Gasteiger partial charge >= 0.3 is 0 Å². The summed E-state index contributed by atoms with van der Waals surface area (Å²) in [6, 6.07) is 15.7. The van der Waals surface area contributed by atoms with E-state index in [1.807, 2.05) is 62.4 Å². The van der Waals surface area contributed by atoms with Crippen LogP contribution in [-0.4, -0.2) is 24.9 Å². The number of carbonyl (C=O) groups excluding carboxylic acids is 2. The zero-order valence-corrected chi connectivity index (χ0v) is 21.5. The van der Waals surface area contributed by atoms with E-state index in [2.05, 4.69) is 35.1 Å². The lowest BCUT2D eigenvalue weighted by atomic mass is 10.0. The van der Waals surface area contributed by atoms with Crippen molar-refractivity contribution in [3.05, 3.63) is 83.2 Å². The Hall–Kier alpha value is -3.54. The number of rotatable bonds is 14. The topological polar surface area (TPSA) is 82.3 Å². The van der Waals surface area contributed by atoms with Crippen LogP contribution in [0, 0.1) is 0 Å². The molecule has 0 aliphatic heterocycles. The van der Waals surface area contributed by atoms with Gasteiger partial charge in [0.15, 0.2) is 0 Å². The number of allylic oxidation sites excluding steroid dienone is 2. The molecule has 35 heavy (non-hydrogen) atoms. The van der Waals surface area contributed by atoms with Crippen molar-refractivity contribution in [1.29, 1.82) is 0 Å². The normalized spacial score (nSPS) is 11.7. The number of unbranched alkanes of at least 4 members (excludes halogenated alkanes) is 2. The molecule has 0 heterocycles. The van der Waals surface area contributed by atoms with Gasteiger partial charge < -0.3 is 21.3 Å². The molecule has 0 radical (unpaired) electrons. The number of carbonyl (C=O) groups is 2. The van der Waals surface area contributed by atoms with E-state index in [9.17, 15) is 9.59 Å². The van der Waals surface area contributed by atoms with E-state index in [1.165, 1.54) is 0 Å². The number of hydrogen-bond donors (Lipinski definition) is 4. The van der Waals surface area contributed by atoms with Crippen molar-refractivity contribution in [2.24, 2.45) is 0 Å². The van der Waals surface area contributed by atoms with Crippen molar-refractivity contribution in [1.82, 2.24) is 10.6 Å². The lowest BCUT2D eigenvalue weighted by Crippen LogP contribution is -2.16. The summed E-state index contributed by atoms with van der Waals surface area (Å²) in [6.45, 7) is 9.83. The van der Waals surface area contributed by atoms with Crippen molar-refractivity contribution in [3.8, 4) is 0 Å². The van der Waals surface area contributed by atoms with Gasteiger partial charge in [-0.1, -0.05) is 51.0 Å². The highest BCUT2D eigenvalue weighted by Crippen LogP contribution is 2.16. The molecule has 2 rings (SSSR count). The summed E-state index contributed by atoms with van der Waals surface area (Å²) in [7, 11) is 0. The molecule has 188 valence electrons. The number of anilines is 2. The smallest absolute Gasteiger partial charge is 0.250 e. The van der Waals surface area contributed by atoms with Crippen molar-refractivity contribution >= 4 is 23.2 Å². The Morgan fingerprint density at radius 2 is 1.03 bits per heavy atom. The molecule has 0 aromatic heterocycles. The maximum Gasteiger partial charge on any atom is 0.250 e. The van der Waals surface area contributed by atoms with Crippen LogP contribution in [0.4, 0.5) is 11.4 Å². The summed E-state index contributed by atoms with van der Waals surface area (Å²) < 4.78 is 0.